The molecule has 0 radical (unpaired) electrons. The van der Waals surface area contributed by atoms with Crippen LogP contribution in [0.15, 0.2) is 23.3 Å². The number of carbonyl (C=O) groups excluding carboxylic acids is 1. The molecule has 1 atom stereocenters. The lowest BCUT2D eigenvalue weighted by Crippen LogP contribution is -2.34. The number of aryl methyl sites for hydroxylation is 1. The van der Waals surface area contributed by atoms with Gasteiger partial charge in [-0.05, 0) is 31.5 Å². The Morgan fingerprint density at radius 2 is 2.24 bits per heavy atom. The van der Waals surface area contributed by atoms with Gasteiger partial charge in [0.2, 0.25) is 0 Å². The summed E-state index contributed by atoms with van der Waals surface area (Å²) in [5.74, 6) is -1.65. The molecule has 0 aromatic heterocycles. The van der Waals surface area contributed by atoms with Gasteiger partial charge in [-0.25, -0.2) is 14.6 Å². The molecule has 2 rings (SSSR count). The van der Waals surface area contributed by atoms with Crippen molar-refractivity contribution >= 4 is 34.9 Å². The van der Waals surface area contributed by atoms with E-state index in [1.807, 2.05) is 6.92 Å². The van der Waals surface area contributed by atoms with Crippen molar-refractivity contribution in [1.82, 2.24) is 0 Å². The van der Waals surface area contributed by atoms with Crippen LogP contribution in [0.3, 0.4) is 0 Å². The minimum absolute atomic E-state index is 0.000119. The fraction of sp³-hybridized carbons (Fsp3) is 0.357. The topological polar surface area (TPSA) is 79.2 Å². The van der Waals surface area contributed by atoms with Crippen LogP contribution in [-0.4, -0.2) is 35.4 Å². The third kappa shape index (κ3) is 3.16. The summed E-state index contributed by atoms with van der Waals surface area (Å²) in [6, 6.07) is 4.17. The highest BCUT2D eigenvalue weighted by molar-refractivity contribution is 6.38. The first-order valence-corrected chi connectivity index (χ1v) is 6.84. The number of anilines is 1. The summed E-state index contributed by atoms with van der Waals surface area (Å²) in [5.41, 5.74) is 1.48. The number of rotatable bonds is 4. The molecular formula is C14H15ClN2O4. The third-order valence-corrected chi connectivity index (χ3v) is 3.36. The molecular weight excluding hydrogens is 296 g/mol. The largest absolute Gasteiger partial charge is 0.480 e. The molecule has 0 spiro atoms. The molecule has 6 nitrogen and oxygen atoms in total. The van der Waals surface area contributed by atoms with Crippen molar-refractivity contribution in [3.63, 3.8) is 0 Å². The molecule has 1 N–H and O–H groups in total. The van der Waals surface area contributed by atoms with Crippen LogP contribution in [0, 0.1) is 6.92 Å². The number of aliphatic carboxylic acids is 1. The predicted octanol–water partition coefficient (Wildman–Crippen LogP) is 2.23. The van der Waals surface area contributed by atoms with E-state index >= 15 is 0 Å². The van der Waals surface area contributed by atoms with E-state index in [1.54, 1.807) is 25.1 Å². The number of hydrazone groups is 1. The summed E-state index contributed by atoms with van der Waals surface area (Å²) in [6.07, 6.45) is 0.000119. The van der Waals surface area contributed by atoms with Crippen molar-refractivity contribution in [2.75, 3.05) is 11.6 Å². The molecule has 0 aliphatic carbocycles. The second-order valence-corrected chi connectivity index (χ2v) is 5.04. The predicted molar refractivity (Wildman–Crippen MR) is 78.8 cm³/mol. The fourth-order valence-corrected chi connectivity index (χ4v) is 2.26. The number of carbonyl (C=O) groups is 2. The lowest BCUT2D eigenvalue weighted by atomic mass is 10.1. The number of benzene rings is 1. The number of ether oxygens (including phenoxy) is 1. The Morgan fingerprint density at radius 1 is 1.52 bits per heavy atom. The third-order valence-electron chi connectivity index (χ3n) is 3.12. The number of carboxylic acid groups (broad SMARTS) is 1. The van der Waals surface area contributed by atoms with Crippen molar-refractivity contribution in [3.8, 4) is 0 Å². The minimum Gasteiger partial charge on any atom is -0.480 e. The van der Waals surface area contributed by atoms with Crippen LogP contribution in [0.25, 0.3) is 0 Å². The van der Waals surface area contributed by atoms with Crippen molar-refractivity contribution in [3.05, 3.63) is 28.8 Å². The van der Waals surface area contributed by atoms with Gasteiger partial charge >= 0.3 is 11.9 Å². The van der Waals surface area contributed by atoms with E-state index in [0.29, 0.717) is 10.7 Å². The van der Waals surface area contributed by atoms with E-state index in [2.05, 4.69) is 5.10 Å². The first-order valence-electron chi connectivity index (χ1n) is 6.46. The van der Waals surface area contributed by atoms with Crippen LogP contribution in [-0.2, 0) is 14.3 Å². The highest BCUT2D eigenvalue weighted by Crippen LogP contribution is 2.30. The maximum Gasteiger partial charge on any atom is 0.354 e. The average Bonchev–Trinajstić information content (AvgIpc) is 2.87. The van der Waals surface area contributed by atoms with Crippen LogP contribution in [0.1, 0.15) is 18.9 Å². The van der Waals surface area contributed by atoms with Gasteiger partial charge in [0.25, 0.3) is 0 Å². The summed E-state index contributed by atoms with van der Waals surface area (Å²) >= 11 is 5.96. The summed E-state index contributed by atoms with van der Waals surface area (Å²) in [6.45, 7) is 3.72. The van der Waals surface area contributed by atoms with E-state index in [1.165, 1.54) is 5.01 Å². The van der Waals surface area contributed by atoms with Gasteiger partial charge in [0.15, 0.2) is 6.04 Å². The number of halogens is 1. The molecule has 0 fully saturated rings. The van der Waals surface area contributed by atoms with Crippen molar-refractivity contribution in [1.29, 1.82) is 0 Å². The standard InChI is InChI=1S/C14H15ClN2O4/c1-3-21-14(20)10-7-12(13(18)19)17(16-10)11-6-9(15)5-4-8(11)2/h4-6,12H,3,7H2,1-2H3,(H,18,19)/t12-/m0/s1. The molecule has 1 aromatic rings. The van der Waals surface area contributed by atoms with Gasteiger partial charge in [0, 0.05) is 11.4 Å². The van der Waals surface area contributed by atoms with Crippen LogP contribution in [0.5, 0.6) is 0 Å². The molecule has 1 aliphatic rings. The SMILES string of the molecule is CCOC(=O)C1=NN(c2cc(Cl)ccc2C)[C@H](C(=O)O)C1. The maximum atomic E-state index is 11.7. The molecule has 112 valence electrons. The van der Waals surface area contributed by atoms with Crippen LogP contribution >= 0.6 is 11.6 Å². The number of esters is 1. The Labute approximate surface area is 127 Å². The van der Waals surface area contributed by atoms with E-state index < -0.39 is 18.0 Å². The Hall–Kier alpha value is -2.08. The number of nitrogens with zero attached hydrogens (tertiary/aromatic N) is 2. The zero-order valence-electron chi connectivity index (χ0n) is 11.7. The maximum absolute atomic E-state index is 11.7. The Kier molecular flexibility index (Phi) is 4.47. The molecule has 0 saturated carbocycles. The van der Waals surface area contributed by atoms with Gasteiger partial charge in [-0.15, -0.1) is 0 Å². The Balaban J connectivity index is 2.40. The first-order chi connectivity index (χ1) is 9.93. The normalized spacial score (nSPS) is 17.6. The van der Waals surface area contributed by atoms with Crippen molar-refractivity contribution in [2.45, 2.75) is 26.3 Å². The molecule has 7 heteroatoms. The van der Waals surface area contributed by atoms with Gasteiger partial charge in [-0.3, -0.25) is 0 Å². The lowest BCUT2D eigenvalue weighted by Gasteiger charge is -2.22. The zero-order chi connectivity index (χ0) is 15.6. The van der Waals surface area contributed by atoms with Crippen LogP contribution in [0.2, 0.25) is 5.02 Å². The Morgan fingerprint density at radius 3 is 2.86 bits per heavy atom. The molecule has 1 heterocycles. The Bertz CT molecular complexity index is 615. The monoisotopic (exact) mass is 310 g/mol. The zero-order valence-corrected chi connectivity index (χ0v) is 12.4. The van der Waals surface area contributed by atoms with Gasteiger partial charge in [-0.2, -0.15) is 5.10 Å². The molecule has 0 bridgehead atoms. The van der Waals surface area contributed by atoms with E-state index in [-0.39, 0.29) is 18.7 Å². The number of carboxylic acids is 1. The summed E-state index contributed by atoms with van der Waals surface area (Å²) in [7, 11) is 0. The molecule has 1 aromatic carbocycles. The first kappa shape index (κ1) is 15.3. The lowest BCUT2D eigenvalue weighted by molar-refractivity contribution is -0.138. The van der Waals surface area contributed by atoms with Crippen molar-refractivity contribution in [2.24, 2.45) is 5.10 Å². The quantitative estimate of drug-likeness (QED) is 0.863. The fourth-order valence-electron chi connectivity index (χ4n) is 2.09. The van der Waals surface area contributed by atoms with Crippen LogP contribution in [0.4, 0.5) is 5.69 Å². The highest BCUT2D eigenvalue weighted by Gasteiger charge is 2.37. The van der Waals surface area contributed by atoms with Gasteiger partial charge in [0.1, 0.15) is 5.71 Å². The van der Waals surface area contributed by atoms with E-state index in [0.717, 1.165) is 5.56 Å². The van der Waals surface area contributed by atoms with Crippen molar-refractivity contribution < 1.29 is 19.4 Å². The van der Waals surface area contributed by atoms with Gasteiger partial charge < -0.3 is 9.84 Å². The smallest absolute Gasteiger partial charge is 0.354 e. The molecule has 21 heavy (non-hydrogen) atoms. The second-order valence-electron chi connectivity index (χ2n) is 4.60. The van der Waals surface area contributed by atoms with E-state index in [9.17, 15) is 14.7 Å². The molecule has 0 unspecified atom stereocenters. The summed E-state index contributed by atoms with van der Waals surface area (Å²) < 4.78 is 4.88. The number of hydrogen-bond acceptors (Lipinski definition) is 5. The van der Waals surface area contributed by atoms with Gasteiger partial charge in [-0.1, -0.05) is 17.7 Å². The molecule has 1 aliphatic heterocycles. The van der Waals surface area contributed by atoms with Crippen LogP contribution < -0.4 is 5.01 Å². The minimum atomic E-state index is -1.06. The average molecular weight is 311 g/mol. The van der Waals surface area contributed by atoms with E-state index in [4.69, 9.17) is 16.3 Å². The van der Waals surface area contributed by atoms with Gasteiger partial charge in [0.05, 0.1) is 12.3 Å². The summed E-state index contributed by atoms with van der Waals surface area (Å²) in [5, 5.41) is 15.2. The highest BCUT2D eigenvalue weighted by atomic mass is 35.5. The second kappa shape index (κ2) is 6.13. The summed E-state index contributed by atoms with van der Waals surface area (Å²) in [4.78, 5) is 23.2. The molecule has 0 amide bonds. The molecule has 0 saturated heterocycles. The number of hydrogen-bond donors (Lipinski definition) is 1.